The molecule has 18 heavy (non-hydrogen) atoms. The van der Waals surface area contributed by atoms with E-state index in [1.807, 2.05) is 12.1 Å². The van der Waals surface area contributed by atoms with Gasteiger partial charge in [-0.25, -0.2) is 0 Å². The molecule has 3 rings (SSSR count). The molecule has 0 aromatic heterocycles. The third-order valence-electron chi connectivity index (χ3n) is 3.82. The lowest BCUT2D eigenvalue weighted by atomic mass is 9.90. The molecule has 1 aromatic carbocycles. The Kier molecular flexibility index (Phi) is 3.39. The van der Waals surface area contributed by atoms with E-state index in [-0.39, 0.29) is 0 Å². The highest BCUT2D eigenvalue weighted by atomic mass is 16.6. The molecule has 0 amide bonds. The van der Waals surface area contributed by atoms with Crippen LogP contribution < -0.4 is 20.5 Å². The zero-order chi connectivity index (χ0) is 12.4. The van der Waals surface area contributed by atoms with E-state index in [0.717, 1.165) is 31.0 Å². The van der Waals surface area contributed by atoms with Gasteiger partial charge in [-0.1, -0.05) is 12.1 Å². The van der Waals surface area contributed by atoms with Crippen molar-refractivity contribution in [3.8, 4) is 11.5 Å². The van der Waals surface area contributed by atoms with Crippen molar-refractivity contribution in [1.82, 2.24) is 5.32 Å². The second-order valence-corrected chi connectivity index (χ2v) is 5.01. The van der Waals surface area contributed by atoms with Gasteiger partial charge < -0.3 is 20.5 Å². The number of benzene rings is 1. The molecule has 2 atom stereocenters. The lowest BCUT2D eigenvalue weighted by Gasteiger charge is -2.31. The third-order valence-corrected chi connectivity index (χ3v) is 3.82. The highest BCUT2D eigenvalue weighted by Crippen LogP contribution is 2.39. The normalized spacial score (nSPS) is 26.9. The van der Waals surface area contributed by atoms with Gasteiger partial charge in [0.2, 0.25) is 0 Å². The summed E-state index contributed by atoms with van der Waals surface area (Å²) >= 11 is 0. The molecular weight excluding hydrogens is 228 g/mol. The van der Waals surface area contributed by atoms with Crippen molar-refractivity contribution < 1.29 is 9.47 Å². The van der Waals surface area contributed by atoms with Crippen molar-refractivity contribution in [3.63, 3.8) is 0 Å². The van der Waals surface area contributed by atoms with Gasteiger partial charge in [-0.2, -0.15) is 0 Å². The predicted octanol–water partition coefficient (Wildman–Crippen LogP) is 1.46. The molecule has 0 aliphatic carbocycles. The maximum absolute atomic E-state index is 5.77. The summed E-state index contributed by atoms with van der Waals surface area (Å²) in [6.45, 7) is 3.05. The van der Waals surface area contributed by atoms with E-state index in [1.54, 1.807) is 0 Å². The smallest absolute Gasteiger partial charge is 0.166 e. The van der Waals surface area contributed by atoms with Gasteiger partial charge in [0.25, 0.3) is 0 Å². The Labute approximate surface area is 107 Å². The summed E-state index contributed by atoms with van der Waals surface area (Å²) in [5.41, 5.74) is 6.94. The van der Waals surface area contributed by atoms with Crippen molar-refractivity contribution >= 4 is 0 Å². The average molecular weight is 248 g/mol. The molecule has 2 aliphatic heterocycles. The fraction of sp³-hybridized carbons (Fsp3) is 0.571. The summed E-state index contributed by atoms with van der Waals surface area (Å²) in [7, 11) is 0. The van der Waals surface area contributed by atoms with Crippen molar-refractivity contribution in [2.45, 2.75) is 18.9 Å². The number of ether oxygens (including phenoxy) is 2. The number of nitrogens with two attached hydrogens (primary N) is 1. The van der Waals surface area contributed by atoms with Crippen LogP contribution in [0.5, 0.6) is 11.5 Å². The van der Waals surface area contributed by atoms with Crippen LogP contribution in [0.15, 0.2) is 18.2 Å². The van der Waals surface area contributed by atoms with Crippen LogP contribution >= 0.6 is 0 Å². The number of hydrogen-bond donors (Lipinski definition) is 2. The number of piperidine rings is 1. The largest absolute Gasteiger partial charge is 0.486 e. The number of para-hydroxylation sites is 1. The molecule has 4 nitrogen and oxygen atoms in total. The molecule has 3 N–H and O–H groups in total. The van der Waals surface area contributed by atoms with Crippen LogP contribution in [0.1, 0.15) is 24.4 Å². The summed E-state index contributed by atoms with van der Waals surface area (Å²) in [6.07, 6.45) is 2.29. The highest BCUT2D eigenvalue weighted by Gasteiger charge is 2.25. The molecule has 2 heterocycles. The predicted molar refractivity (Wildman–Crippen MR) is 70.0 cm³/mol. The lowest BCUT2D eigenvalue weighted by Crippen LogP contribution is -2.36. The summed E-state index contributed by atoms with van der Waals surface area (Å²) in [5, 5.41) is 3.57. The van der Waals surface area contributed by atoms with Gasteiger partial charge in [-0.3, -0.25) is 0 Å². The average Bonchev–Trinajstić information content (AvgIpc) is 2.47. The lowest BCUT2D eigenvalue weighted by molar-refractivity contribution is 0.167. The molecule has 2 aliphatic rings. The van der Waals surface area contributed by atoms with Gasteiger partial charge in [-0.15, -0.1) is 0 Å². The minimum Gasteiger partial charge on any atom is -0.486 e. The Balaban J connectivity index is 1.80. The van der Waals surface area contributed by atoms with E-state index in [1.165, 1.54) is 12.0 Å². The van der Waals surface area contributed by atoms with Crippen LogP contribution in [-0.2, 0) is 0 Å². The minimum absolute atomic E-state index is 0.365. The summed E-state index contributed by atoms with van der Waals surface area (Å²) in [4.78, 5) is 0. The Morgan fingerprint density at radius 3 is 2.89 bits per heavy atom. The van der Waals surface area contributed by atoms with Crippen LogP contribution in [0, 0.1) is 5.92 Å². The molecule has 1 fully saturated rings. The van der Waals surface area contributed by atoms with Crippen LogP contribution in [0.2, 0.25) is 0 Å². The van der Waals surface area contributed by atoms with Crippen LogP contribution in [0.3, 0.4) is 0 Å². The molecule has 2 unspecified atom stereocenters. The monoisotopic (exact) mass is 248 g/mol. The van der Waals surface area contributed by atoms with Gasteiger partial charge >= 0.3 is 0 Å². The number of fused-ring (bicyclic) bond motifs is 1. The molecule has 0 saturated carbocycles. The van der Waals surface area contributed by atoms with Gasteiger partial charge in [0.05, 0.1) is 0 Å². The van der Waals surface area contributed by atoms with Crippen LogP contribution in [0.4, 0.5) is 0 Å². The maximum atomic E-state index is 5.77. The van der Waals surface area contributed by atoms with E-state index in [0.29, 0.717) is 25.2 Å². The van der Waals surface area contributed by atoms with Crippen LogP contribution in [-0.4, -0.2) is 26.3 Å². The zero-order valence-corrected chi connectivity index (χ0v) is 10.5. The Hall–Kier alpha value is -1.26. The van der Waals surface area contributed by atoms with E-state index in [2.05, 4.69) is 11.4 Å². The molecule has 1 aromatic rings. The SMILES string of the molecule is NCC1CCC(c2cccc3c2OCCO3)NC1. The first-order chi connectivity index (χ1) is 8.88. The van der Waals surface area contributed by atoms with E-state index in [9.17, 15) is 0 Å². The van der Waals surface area contributed by atoms with Gasteiger partial charge in [0.15, 0.2) is 11.5 Å². The molecule has 1 saturated heterocycles. The quantitative estimate of drug-likeness (QED) is 0.832. The van der Waals surface area contributed by atoms with E-state index in [4.69, 9.17) is 15.2 Å². The van der Waals surface area contributed by atoms with Crippen molar-refractivity contribution in [1.29, 1.82) is 0 Å². The minimum atomic E-state index is 0.365. The second-order valence-electron chi connectivity index (χ2n) is 5.01. The molecule has 4 heteroatoms. The van der Waals surface area contributed by atoms with E-state index >= 15 is 0 Å². The van der Waals surface area contributed by atoms with Crippen molar-refractivity contribution in [2.24, 2.45) is 11.7 Å². The second kappa shape index (κ2) is 5.16. The van der Waals surface area contributed by atoms with Crippen LogP contribution in [0.25, 0.3) is 0 Å². The first-order valence-electron chi connectivity index (χ1n) is 6.70. The Morgan fingerprint density at radius 2 is 2.11 bits per heavy atom. The molecule has 0 bridgehead atoms. The highest BCUT2D eigenvalue weighted by molar-refractivity contribution is 5.49. The molecule has 98 valence electrons. The van der Waals surface area contributed by atoms with Crippen molar-refractivity contribution in [2.75, 3.05) is 26.3 Å². The first-order valence-corrected chi connectivity index (χ1v) is 6.70. The fourth-order valence-corrected chi connectivity index (χ4v) is 2.75. The summed E-state index contributed by atoms with van der Waals surface area (Å²) in [5.74, 6) is 2.41. The van der Waals surface area contributed by atoms with Crippen molar-refractivity contribution in [3.05, 3.63) is 23.8 Å². The summed E-state index contributed by atoms with van der Waals surface area (Å²) in [6, 6.07) is 6.52. The first kappa shape index (κ1) is 11.8. The zero-order valence-electron chi connectivity index (χ0n) is 10.5. The van der Waals surface area contributed by atoms with Gasteiger partial charge in [0, 0.05) is 11.6 Å². The Morgan fingerprint density at radius 1 is 1.22 bits per heavy atom. The fourth-order valence-electron chi connectivity index (χ4n) is 2.75. The van der Waals surface area contributed by atoms with Gasteiger partial charge in [-0.05, 0) is 37.9 Å². The topological polar surface area (TPSA) is 56.5 Å². The Bertz CT molecular complexity index is 414. The summed E-state index contributed by atoms with van der Waals surface area (Å²) < 4.78 is 11.4. The third kappa shape index (κ3) is 2.18. The molecule has 0 spiro atoms. The van der Waals surface area contributed by atoms with E-state index < -0.39 is 0 Å². The number of rotatable bonds is 2. The number of nitrogens with one attached hydrogen (secondary N) is 1. The van der Waals surface area contributed by atoms with Gasteiger partial charge in [0.1, 0.15) is 13.2 Å². The standard InChI is InChI=1S/C14H20N2O2/c15-8-10-4-5-12(16-9-10)11-2-1-3-13-14(11)18-7-6-17-13/h1-3,10,12,16H,4-9,15H2. The molecular formula is C14H20N2O2. The number of hydrogen-bond acceptors (Lipinski definition) is 4. The molecule has 0 radical (unpaired) electrons. The maximum Gasteiger partial charge on any atom is 0.166 e.